The van der Waals surface area contributed by atoms with Gasteiger partial charge in [-0.2, -0.15) is 4.80 Å². The molecular weight excluding hydrogens is 524 g/mol. The monoisotopic (exact) mass is 554 g/mol. The highest BCUT2D eigenvalue weighted by molar-refractivity contribution is 5.90. The number of aromatic nitrogens is 5. The number of anilines is 1. The standard InChI is InChI=1S/C30H30N6O5/c1-3-4-14-41-30(39)31-25-11-10-21-12-13-35(26(21)17-25)19-24-9-8-22(16-27(24)40-2)28-32-34-36(33-28)18-20-6-5-7-23(15-20)29(37)38/h5-13,15-17H,3-4,14,18-19H2,1-2H3,(H,31,39)(H,37,38). The smallest absolute Gasteiger partial charge is 0.411 e. The van der Waals surface area contributed by atoms with Crippen molar-refractivity contribution in [2.45, 2.75) is 32.9 Å². The minimum absolute atomic E-state index is 0.205. The number of hydrogen-bond donors (Lipinski definition) is 2. The number of ether oxygens (including phenoxy) is 2. The fourth-order valence-corrected chi connectivity index (χ4v) is 4.45. The highest BCUT2D eigenvalue weighted by atomic mass is 16.5. The van der Waals surface area contributed by atoms with E-state index in [2.05, 4.69) is 25.3 Å². The lowest BCUT2D eigenvalue weighted by Crippen LogP contribution is -2.14. The number of amides is 1. The summed E-state index contributed by atoms with van der Waals surface area (Å²) in [4.78, 5) is 24.8. The summed E-state index contributed by atoms with van der Waals surface area (Å²) in [5, 5.41) is 25.8. The number of fused-ring (bicyclic) bond motifs is 1. The molecular formula is C30H30N6O5. The summed E-state index contributed by atoms with van der Waals surface area (Å²) in [5.74, 6) is 0.111. The number of benzene rings is 3. The van der Waals surface area contributed by atoms with Gasteiger partial charge in [0.25, 0.3) is 0 Å². The first kappa shape index (κ1) is 27.4. The SMILES string of the molecule is CCCCOC(=O)Nc1ccc2ccn(Cc3ccc(-c4nnn(Cc5cccc(C(=O)O)c5)n4)cc3OC)c2c1. The van der Waals surface area contributed by atoms with Crippen molar-refractivity contribution in [1.82, 2.24) is 24.8 Å². The van der Waals surface area contributed by atoms with Crippen molar-refractivity contribution in [2.24, 2.45) is 0 Å². The second-order valence-corrected chi connectivity index (χ2v) is 9.51. The summed E-state index contributed by atoms with van der Waals surface area (Å²) in [5.41, 5.74) is 4.26. The fourth-order valence-electron chi connectivity index (χ4n) is 4.45. The van der Waals surface area contributed by atoms with E-state index in [-0.39, 0.29) is 12.1 Å². The topological polar surface area (TPSA) is 133 Å². The average Bonchev–Trinajstić information content (AvgIpc) is 3.60. The maximum atomic E-state index is 12.1. The molecule has 2 aromatic heterocycles. The molecule has 5 aromatic rings. The van der Waals surface area contributed by atoms with Crippen LogP contribution in [-0.2, 0) is 17.8 Å². The Morgan fingerprint density at radius 1 is 1.02 bits per heavy atom. The van der Waals surface area contributed by atoms with Crippen LogP contribution < -0.4 is 10.1 Å². The molecule has 11 heteroatoms. The maximum Gasteiger partial charge on any atom is 0.411 e. The van der Waals surface area contributed by atoms with Crippen LogP contribution in [0.2, 0.25) is 0 Å². The number of tetrazole rings is 1. The summed E-state index contributed by atoms with van der Waals surface area (Å²) in [6.45, 7) is 3.26. The van der Waals surface area contributed by atoms with E-state index >= 15 is 0 Å². The number of carbonyl (C=O) groups is 2. The zero-order valence-electron chi connectivity index (χ0n) is 22.8. The third-order valence-corrected chi connectivity index (χ3v) is 6.59. The molecule has 210 valence electrons. The van der Waals surface area contributed by atoms with E-state index in [4.69, 9.17) is 9.47 Å². The van der Waals surface area contributed by atoms with Crippen LogP contribution in [0.25, 0.3) is 22.3 Å². The van der Waals surface area contributed by atoms with E-state index in [1.54, 1.807) is 19.2 Å². The van der Waals surface area contributed by atoms with Gasteiger partial charge in [-0.3, -0.25) is 5.32 Å². The molecule has 0 radical (unpaired) electrons. The number of rotatable bonds is 11. The molecule has 0 atom stereocenters. The van der Waals surface area contributed by atoms with Gasteiger partial charge in [0.15, 0.2) is 0 Å². The molecule has 41 heavy (non-hydrogen) atoms. The van der Waals surface area contributed by atoms with Gasteiger partial charge in [-0.25, -0.2) is 9.59 Å². The van der Waals surface area contributed by atoms with E-state index in [1.807, 2.05) is 61.7 Å². The lowest BCUT2D eigenvalue weighted by Gasteiger charge is -2.12. The lowest BCUT2D eigenvalue weighted by molar-refractivity contribution is 0.0696. The van der Waals surface area contributed by atoms with Crippen LogP contribution in [-0.4, -0.2) is 55.7 Å². The van der Waals surface area contributed by atoms with Gasteiger partial charge in [0, 0.05) is 23.0 Å². The molecule has 3 aromatic carbocycles. The fraction of sp³-hybridized carbons (Fsp3) is 0.233. The molecule has 11 nitrogen and oxygen atoms in total. The summed E-state index contributed by atoms with van der Waals surface area (Å²) in [6.07, 6.45) is 3.31. The van der Waals surface area contributed by atoms with Gasteiger partial charge < -0.3 is 19.1 Å². The number of methoxy groups -OCH3 is 1. The van der Waals surface area contributed by atoms with E-state index in [9.17, 15) is 14.7 Å². The first-order valence-corrected chi connectivity index (χ1v) is 13.2. The second kappa shape index (κ2) is 12.3. The van der Waals surface area contributed by atoms with E-state index in [1.165, 1.54) is 10.9 Å². The Morgan fingerprint density at radius 2 is 1.90 bits per heavy atom. The van der Waals surface area contributed by atoms with Gasteiger partial charge in [-0.05, 0) is 59.0 Å². The van der Waals surface area contributed by atoms with E-state index in [0.29, 0.717) is 30.4 Å². The third kappa shape index (κ3) is 6.52. The summed E-state index contributed by atoms with van der Waals surface area (Å²) < 4.78 is 13.0. The van der Waals surface area contributed by atoms with Crippen molar-refractivity contribution in [3.63, 3.8) is 0 Å². The van der Waals surface area contributed by atoms with Crippen LogP contribution in [0.15, 0.2) is 72.9 Å². The molecule has 1 amide bonds. The Labute approximate surface area is 236 Å². The van der Waals surface area contributed by atoms with Crippen molar-refractivity contribution in [1.29, 1.82) is 0 Å². The zero-order valence-corrected chi connectivity index (χ0v) is 22.8. The number of unbranched alkanes of at least 4 members (excludes halogenated alkanes) is 1. The van der Waals surface area contributed by atoms with Crippen molar-refractivity contribution < 1.29 is 24.2 Å². The van der Waals surface area contributed by atoms with Crippen LogP contribution in [0, 0.1) is 0 Å². The van der Waals surface area contributed by atoms with Crippen LogP contribution in [0.1, 0.15) is 41.3 Å². The molecule has 0 bridgehead atoms. The van der Waals surface area contributed by atoms with E-state index < -0.39 is 12.1 Å². The molecule has 0 saturated carbocycles. The molecule has 0 saturated heterocycles. The average molecular weight is 555 g/mol. The minimum Gasteiger partial charge on any atom is -0.496 e. The Hall–Kier alpha value is -5.19. The number of nitrogens with one attached hydrogen (secondary N) is 1. The van der Waals surface area contributed by atoms with Crippen LogP contribution in [0.5, 0.6) is 5.75 Å². The maximum absolute atomic E-state index is 12.1. The predicted octanol–water partition coefficient (Wildman–Crippen LogP) is 5.45. The Kier molecular flexibility index (Phi) is 8.23. The molecule has 0 fully saturated rings. The molecule has 0 aliphatic carbocycles. The van der Waals surface area contributed by atoms with Crippen molar-refractivity contribution in [3.05, 3.63) is 89.6 Å². The van der Waals surface area contributed by atoms with Gasteiger partial charge in [0.2, 0.25) is 5.82 Å². The summed E-state index contributed by atoms with van der Waals surface area (Å²) >= 11 is 0. The molecule has 0 spiro atoms. The summed E-state index contributed by atoms with van der Waals surface area (Å²) in [7, 11) is 1.61. The predicted molar refractivity (Wildman–Crippen MR) is 153 cm³/mol. The first-order valence-electron chi connectivity index (χ1n) is 13.2. The van der Waals surface area contributed by atoms with Crippen molar-refractivity contribution in [3.8, 4) is 17.1 Å². The largest absolute Gasteiger partial charge is 0.496 e. The number of carboxylic acid groups (broad SMARTS) is 1. The van der Waals surface area contributed by atoms with Gasteiger partial charge in [0.05, 0.1) is 37.9 Å². The third-order valence-electron chi connectivity index (χ3n) is 6.59. The molecule has 0 unspecified atom stereocenters. The van der Waals surface area contributed by atoms with Crippen LogP contribution in [0.4, 0.5) is 10.5 Å². The van der Waals surface area contributed by atoms with Gasteiger partial charge in [-0.15, -0.1) is 10.2 Å². The number of aromatic carboxylic acids is 1. The summed E-state index contributed by atoms with van der Waals surface area (Å²) in [6, 6.07) is 20.1. The number of hydrogen-bond acceptors (Lipinski definition) is 7. The highest BCUT2D eigenvalue weighted by Gasteiger charge is 2.13. The normalized spacial score (nSPS) is 11.0. The molecule has 5 rings (SSSR count). The molecule has 2 N–H and O–H groups in total. The first-order chi connectivity index (χ1) is 19.9. The van der Waals surface area contributed by atoms with Gasteiger partial charge in [-0.1, -0.05) is 43.7 Å². The molecule has 2 heterocycles. The van der Waals surface area contributed by atoms with Crippen molar-refractivity contribution in [2.75, 3.05) is 19.0 Å². The Balaban J connectivity index is 1.31. The second-order valence-electron chi connectivity index (χ2n) is 9.51. The molecule has 0 aliphatic rings. The molecule has 0 aliphatic heterocycles. The Bertz CT molecular complexity index is 1690. The minimum atomic E-state index is -0.987. The quantitative estimate of drug-likeness (QED) is 0.206. The van der Waals surface area contributed by atoms with Crippen molar-refractivity contribution >= 4 is 28.7 Å². The number of nitrogens with zero attached hydrogens (tertiary/aromatic N) is 5. The number of carbonyl (C=O) groups excluding carboxylic acids is 1. The van der Waals surface area contributed by atoms with E-state index in [0.717, 1.165) is 40.4 Å². The van der Waals surface area contributed by atoms with Crippen LogP contribution in [0.3, 0.4) is 0 Å². The zero-order chi connectivity index (χ0) is 28.8. The van der Waals surface area contributed by atoms with Gasteiger partial charge in [0.1, 0.15) is 5.75 Å². The van der Waals surface area contributed by atoms with Crippen LogP contribution >= 0.6 is 0 Å². The number of carboxylic acids is 1. The lowest BCUT2D eigenvalue weighted by atomic mass is 10.1. The van der Waals surface area contributed by atoms with Gasteiger partial charge >= 0.3 is 12.1 Å². The highest BCUT2D eigenvalue weighted by Crippen LogP contribution is 2.28. The Morgan fingerprint density at radius 3 is 2.71 bits per heavy atom.